The van der Waals surface area contributed by atoms with Crippen LogP contribution in [0, 0.1) is 0 Å². The van der Waals surface area contributed by atoms with Gasteiger partial charge in [0, 0.05) is 12.5 Å². The van der Waals surface area contributed by atoms with Crippen molar-refractivity contribution < 1.29 is 14.7 Å². The minimum atomic E-state index is -1.10. The predicted octanol–water partition coefficient (Wildman–Crippen LogP) is 2.76. The molecule has 0 bridgehead atoms. The number of aliphatic imine (C=N–C) groups is 2. The fraction of sp³-hybridized carbons (Fsp3) is 0.571. The molecule has 0 fully saturated rings. The van der Waals surface area contributed by atoms with Gasteiger partial charge in [-0.05, 0) is 12.5 Å². The number of rotatable bonds is 9. The van der Waals surface area contributed by atoms with Crippen molar-refractivity contribution >= 4 is 23.4 Å². The molecule has 5 heteroatoms. The van der Waals surface area contributed by atoms with E-state index in [4.69, 9.17) is 5.11 Å². The first-order valence-corrected chi connectivity index (χ1v) is 6.75. The Balaban J connectivity index is 2.30. The van der Waals surface area contributed by atoms with E-state index in [-0.39, 0.29) is 5.71 Å². The molecule has 104 valence electrons. The van der Waals surface area contributed by atoms with Gasteiger partial charge in [0.1, 0.15) is 11.5 Å². The number of hydrogen-bond donors (Lipinski definition) is 1. The highest BCUT2D eigenvalue weighted by Gasteiger charge is 2.17. The number of carbonyl (C=O) groups is 2. The van der Waals surface area contributed by atoms with Crippen molar-refractivity contribution in [1.82, 2.24) is 0 Å². The number of amides is 1. The van der Waals surface area contributed by atoms with Gasteiger partial charge in [-0.25, -0.2) is 9.79 Å². The number of unbranched alkanes of at least 4 members (excludes halogenated alkanes) is 5. The summed E-state index contributed by atoms with van der Waals surface area (Å²) in [4.78, 5) is 29.6. The van der Waals surface area contributed by atoms with Gasteiger partial charge in [0.2, 0.25) is 0 Å². The molecule has 19 heavy (non-hydrogen) atoms. The Morgan fingerprint density at radius 3 is 2.53 bits per heavy atom. The molecular weight excluding hydrogens is 244 g/mol. The first-order chi connectivity index (χ1) is 9.13. The van der Waals surface area contributed by atoms with Gasteiger partial charge in [0.05, 0.1) is 0 Å². The van der Waals surface area contributed by atoms with E-state index in [0.29, 0.717) is 12.3 Å². The highest BCUT2D eigenvalue weighted by atomic mass is 16.4. The van der Waals surface area contributed by atoms with Crippen LogP contribution in [0.2, 0.25) is 0 Å². The maximum atomic E-state index is 11.4. The zero-order valence-electron chi connectivity index (χ0n) is 11.3. The van der Waals surface area contributed by atoms with Gasteiger partial charge < -0.3 is 5.11 Å². The molecule has 1 heterocycles. The average Bonchev–Trinajstić information content (AvgIpc) is 2.72. The lowest BCUT2D eigenvalue weighted by atomic mass is 10.1. The summed E-state index contributed by atoms with van der Waals surface area (Å²) in [7, 11) is 0. The van der Waals surface area contributed by atoms with E-state index in [9.17, 15) is 9.59 Å². The van der Waals surface area contributed by atoms with Crippen LogP contribution >= 0.6 is 0 Å². The van der Waals surface area contributed by atoms with Crippen LogP contribution in [-0.4, -0.2) is 28.5 Å². The molecule has 0 atom stereocenters. The summed E-state index contributed by atoms with van der Waals surface area (Å²) in [6.07, 6.45) is 9.80. The normalized spacial score (nSPS) is 14.9. The molecule has 5 nitrogen and oxygen atoms in total. The summed E-state index contributed by atoms with van der Waals surface area (Å²) >= 11 is 0. The van der Waals surface area contributed by atoms with E-state index < -0.39 is 11.9 Å². The zero-order valence-corrected chi connectivity index (χ0v) is 11.3. The summed E-state index contributed by atoms with van der Waals surface area (Å²) in [5.74, 6) is -1.02. The summed E-state index contributed by atoms with van der Waals surface area (Å²) < 4.78 is 0. The largest absolute Gasteiger partial charge is 0.478 e. The summed E-state index contributed by atoms with van der Waals surface area (Å²) in [5.41, 5.74) is 0.114. The Bertz CT molecular complexity index is 422. The fourth-order valence-corrected chi connectivity index (χ4v) is 1.82. The molecule has 0 saturated heterocycles. The molecule has 1 aliphatic rings. The standard InChI is InChI=1S/C14H20N2O3/c1-2-3-4-5-6-7-8-12-15-11(14(19)16-12)9-10-13(17)18/h9-10H,2-8H2,1H3,(H,17,18). The van der Waals surface area contributed by atoms with Crippen LogP contribution in [0.3, 0.4) is 0 Å². The van der Waals surface area contributed by atoms with Crippen molar-refractivity contribution in [2.75, 3.05) is 0 Å². The Kier molecular flexibility index (Phi) is 6.71. The van der Waals surface area contributed by atoms with Crippen molar-refractivity contribution in [1.29, 1.82) is 0 Å². The maximum Gasteiger partial charge on any atom is 0.328 e. The van der Waals surface area contributed by atoms with Gasteiger partial charge in [-0.2, -0.15) is 4.99 Å². The van der Waals surface area contributed by atoms with E-state index in [1.807, 2.05) is 0 Å². The van der Waals surface area contributed by atoms with Crippen LogP contribution in [0.1, 0.15) is 51.9 Å². The van der Waals surface area contributed by atoms with Gasteiger partial charge in [-0.15, -0.1) is 0 Å². The second-order valence-corrected chi connectivity index (χ2v) is 4.52. The van der Waals surface area contributed by atoms with Crippen molar-refractivity contribution in [2.24, 2.45) is 9.98 Å². The maximum absolute atomic E-state index is 11.4. The summed E-state index contributed by atoms with van der Waals surface area (Å²) in [5, 5.41) is 8.48. The second kappa shape index (κ2) is 8.34. The number of amidine groups is 1. The Morgan fingerprint density at radius 2 is 1.84 bits per heavy atom. The topological polar surface area (TPSA) is 79.1 Å². The highest BCUT2D eigenvalue weighted by Crippen LogP contribution is 2.10. The molecule has 0 spiro atoms. The van der Waals surface area contributed by atoms with Crippen LogP contribution in [0.4, 0.5) is 0 Å². The monoisotopic (exact) mass is 264 g/mol. The predicted molar refractivity (Wildman–Crippen MR) is 74.6 cm³/mol. The van der Waals surface area contributed by atoms with Gasteiger partial charge >= 0.3 is 5.97 Å². The number of carboxylic acid groups (broad SMARTS) is 1. The first-order valence-electron chi connectivity index (χ1n) is 6.75. The third kappa shape index (κ3) is 6.08. The Morgan fingerprint density at radius 1 is 1.16 bits per heavy atom. The van der Waals surface area contributed by atoms with Crippen LogP contribution in [0.5, 0.6) is 0 Å². The Hall–Kier alpha value is -1.78. The molecule has 0 radical (unpaired) electrons. The second-order valence-electron chi connectivity index (χ2n) is 4.52. The molecular formula is C14H20N2O3. The summed E-state index contributed by atoms with van der Waals surface area (Å²) in [6.45, 7) is 2.18. The molecule has 0 aromatic heterocycles. The highest BCUT2D eigenvalue weighted by molar-refractivity contribution is 6.49. The van der Waals surface area contributed by atoms with Crippen LogP contribution in [0.25, 0.3) is 0 Å². The smallest absolute Gasteiger partial charge is 0.328 e. The minimum absolute atomic E-state index is 0.114. The van der Waals surface area contributed by atoms with Crippen molar-refractivity contribution in [3.05, 3.63) is 12.2 Å². The number of carbonyl (C=O) groups excluding carboxylic acids is 1. The van der Waals surface area contributed by atoms with Crippen LogP contribution in [0.15, 0.2) is 22.1 Å². The number of hydrogen-bond acceptors (Lipinski definition) is 3. The zero-order chi connectivity index (χ0) is 14.1. The van der Waals surface area contributed by atoms with E-state index in [2.05, 4.69) is 16.9 Å². The summed E-state index contributed by atoms with van der Waals surface area (Å²) in [6, 6.07) is 0. The molecule has 1 amide bonds. The van der Waals surface area contributed by atoms with E-state index >= 15 is 0 Å². The van der Waals surface area contributed by atoms with Crippen molar-refractivity contribution in [3.63, 3.8) is 0 Å². The van der Waals surface area contributed by atoms with Crippen molar-refractivity contribution in [2.45, 2.75) is 51.9 Å². The number of nitrogens with zero attached hydrogens (tertiary/aromatic N) is 2. The average molecular weight is 264 g/mol. The molecule has 1 N–H and O–H groups in total. The van der Waals surface area contributed by atoms with Gasteiger partial charge in [-0.1, -0.05) is 39.0 Å². The van der Waals surface area contributed by atoms with Gasteiger partial charge in [0.15, 0.2) is 0 Å². The van der Waals surface area contributed by atoms with E-state index in [0.717, 1.165) is 18.9 Å². The molecule has 0 aliphatic carbocycles. The molecule has 0 unspecified atom stereocenters. The van der Waals surface area contributed by atoms with Gasteiger partial charge in [0.25, 0.3) is 5.91 Å². The van der Waals surface area contributed by atoms with Crippen molar-refractivity contribution in [3.8, 4) is 0 Å². The molecule has 0 aromatic carbocycles. The van der Waals surface area contributed by atoms with Crippen LogP contribution < -0.4 is 0 Å². The lowest BCUT2D eigenvalue weighted by molar-refractivity contribution is -0.131. The van der Waals surface area contributed by atoms with Crippen LogP contribution in [-0.2, 0) is 9.59 Å². The first kappa shape index (κ1) is 15.3. The number of carboxylic acids is 1. The molecule has 0 aromatic rings. The third-order valence-electron chi connectivity index (χ3n) is 2.84. The molecule has 0 saturated carbocycles. The van der Waals surface area contributed by atoms with Gasteiger partial charge in [-0.3, -0.25) is 4.79 Å². The van der Waals surface area contributed by atoms with E-state index in [1.165, 1.54) is 31.8 Å². The molecule has 1 rings (SSSR count). The lowest BCUT2D eigenvalue weighted by Crippen LogP contribution is -2.04. The SMILES string of the molecule is CCCCCCCCC1=NC(=O)C(C=CC(=O)O)=N1. The number of aliphatic carboxylic acids is 1. The minimum Gasteiger partial charge on any atom is -0.478 e. The fourth-order valence-electron chi connectivity index (χ4n) is 1.82. The molecule has 1 aliphatic heterocycles. The quantitative estimate of drug-likeness (QED) is 0.513. The third-order valence-corrected chi connectivity index (χ3v) is 2.84. The lowest BCUT2D eigenvalue weighted by Gasteiger charge is -1.98. The van der Waals surface area contributed by atoms with E-state index in [1.54, 1.807) is 0 Å². The Labute approximate surface area is 113 Å².